The smallest absolute Gasteiger partial charge is 0.191 e. The van der Waals surface area contributed by atoms with Crippen molar-refractivity contribution in [2.24, 2.45) is 5.10 Å². The summed E-state index contributed by atoms with van der Waals surface area (Å²) in [5.41, 5.74) is 7.18. The fourth-order valence-electron chi connectivity index (χ4n) is 1.86. The van der Waals surface area contributed by atoms with Gasteiger partial charge in [0.15, 0.2) is 5.11 Å². The average Bonchev–Trinajstić information content (AvgIpc) is 2.44. The number of para-hydroxylation sites is 1. The third kappa shape index (κ3) is 3.90. The van der Waals surface area contributed by atoms with Gasteiger partial charge in [-0.1, -0.05) is 48.5 Å². The van der Waals surface area contributed by atoms with Crippen LogP contribution in [0.15, 0.2) is 53.6 Å². The molecule has 0 spiro atoms. The van der Waals surface area contributed by atoms with E-state index in [1.54, 1.807) is 6.21 Å². The third-order valence-electron chi connectivity index (χ3n) is 2.90. The number of aryl methyl sites for hydroxylation is 2. The predicted octanol–water partition coefficient (Wildman–Crippen LogP) is 3.62. The van der Waals surface area contributed by atoms with Crippen molar-refractivity contribution in [1.29, 1.82) is 0 Å². The summed E-state index contributed by atoms with van der Waals surface area (Å²) in [6.07, 6.45) is 1.73. The van der Waals surface area contributed by atoms with E-state index in [0.29, 0.717) is 5.11 Å². The van der Waals surface area contributed by atoms with E-state index in [1.165, 1.54) is 0 Å². The first-order valence-corrected chi connectivity index (χ1v) is 6.79. The molecular formula is C16H17N3S. The molecule has 0 heterocycles. The highest BCUT2D eigenvalue weighted by Crippen LogP contribution is 2.18. The Balaban J connectivity index is 1.95. The molecule has 0 aliphatic carbocycles. The molecule has 0 aromatic heterocycles. The fraction of sp³-hybridized carbons (Fsp3) is 0.125. The van der Waals surface area contributed by atoms with Gasteiger partial charge in [-0.3, -0.25) is 5.43 Å². The average molecular weight is 283 g/mol. The molecule has 2 aromatic rings. The van der Waals surface area contributed by atoms with Crippen molar-refractivity contribution in [2.45, 2.75) is 13.8 Å². The highest BCUT2D eigenvalue weighted by molar-refractivity contribution is 7.80. The van der Waals surface area contributed by atoms with Crippen molar-refractivity contribution in [1.82, 2.24) is 5.43 Å². The Kier molecular flexibility index (Phi) is 4.85. The van der Waals surface area contributed by atoms with Crippen LogP contribution >= 0.6 is 12.2 Å². The number of benzene rings is 2. The summed E-state index contributed by atoms with van der Waals surface area (Å²) < 4.78 is 0. The van der Waals surface area contributed by atoms with Crippen LogP contribution in [-0.4, -0.2) is 11.3 Å². The van der Waals surface area contributed by atoms with Crippen molar-refractivity contribution in [2.75, 3.05) is 5.32 Å². The number of hydrazone groups is 1. The van der Waals surface area contributed by atoms with E-state index in [9.17, 15) is 0 Å². The zero-order valence-corrected chi connectivity index (χ0v) is 12.4. The van der Waals surface area contributed by atoms with E-state index in [0.717, 1.165) is 22.4 Å². The van der Waals surface area contributed by atoms with E-state index in [1.807, 2.05) is 62.4 Å². The Labute approximate surface area is 124 Å². The third-order valence-corrected chi connectivity index (χ3v) is 3.09. The lowest BCUT2D eigenvalue weighted by molar-refractivity contribution is 1.05. The maximum atomic E-state index is 5.23. The van der Waals surface area contributed by atoms with Gasteiger partial charge in [0.25, 0.3) is 0 Å². The number of nitrogens with one attached hydrogen (secondary N) is 2. The normalized spacial score (nSPS) is 10.5. The van der Waals surface area contributed by atoms with E-state index in [-0.39, 0.29) is 0 Å². The molecule has 0 aliphatic rings. The molecule has 0 amide bonds. The Hall–Kier alpha value is -2.20. The summed E-state index contributed by atoms with van der Waals surface area (Å²) in [6.45, 7) is 4.09. The van der Waals surface area contributed by atoms with E-state index in [4.69, 9.17) is 12.2 Å². The number of hydrogen-bond acceptors (Lipinski definition) is 2. The van der Waals surface area contributed by atoms with Crippen molar-refractivity contribution in [3.63, 3.8) is 0 Å². The number of hydrogen-bond donors (Lipinski definition) is 2. The minimum absolute atomic E-state index is 0.481. The van der Waals surface area contributed by atoms with Crippen LogP contribution in [0.3, 0.4) is 0 Å². The van der Waals surface area contributed by atoms with Gasteiger partial charge in [0, 0.05) is 5.69 Å². The van der Waals surface area contributed by atoms with Crippen LogP contribution in [0.1, 0.15) is 16.7 Å². The molecule has 2 aromatic carbocycles. The van der Waals surface area contributed by atoms with Crippen LogP contribution in [-0.2, 0) is 0 Å². The summed E-state index contributed by atoms with van der Waals surface area (Å²) >= 11 is 5.23. The van der Waals surface area contributed by atoms with Crippen molar-refractivity contribution < 1.29 is 0 Å². The van der Waals surface area contributed by atoms with Gasteiger partial charge in [-0.2, -0.15) is 5.10 Å². The molecule has 0 atom stereocenters. The molecule has 0 aliphatic heterocycles. The van der Waals surface area contributed by atoms with Gasteiger partial charge < -0.3 is 5.32 Å². The van der Waals surface area contributed by atoms with Gasteiger partial charge >= 0.3 is 0 Å². The van der Waals surface area contributed by atoms with Gasteiger partial charge in [-0.25, -0.2) is 0 Å². The topological polar surface area (TPSA) is 36.4 Å². The monoisotopic (exact) mass is 283 g/mol. The summed E-state index contributed by atoms with van der Waals surface area (Å²) in [5, 5.41) is 7.77. The molecule has 2 N–H and O–H groups in total. The highest BCUT2D eigenvalue weighted by atomic mass is 32.1. The number of rotatable bonds is 3. The number of thiocarbonyl (C=S) groups is 1. The molecule has 0 saturated carbocycles. The summed E-state index contributed by atoms with van der Waals surface area (Å²) in [6, 6.07) is 16.0. The standard InChI is InChI=1S/C16H17N3S/c1-12-7-6-8-13(2)15(12)18-16(20)19-17-11-14-9-4-3-5-10-14/h3-11H,1-2H3,(H2,18,19,20)/b17-11+. The minimum Gasteiger partial charge on any atom is -0.331 e. The largest absolute Gasteiger partial charge is 0.331 e. The molecule has 20 heavy (non-hydrogen) atoms. The predicted molar refractivity (Wildman–Crippen MR) is 89.3 cm³/mol. The zero-order chi connectivity index (χ0) is 14.4. The minimum atomic E-state index is 0.481. The molecular weight excluding hydrogens is 266 g/mol. The second-order valence-corrected chi connectivity index (χ2v) is 4.91. The van der Waals surface area contributed by atoms with Crippen LogP contribution in [0.25, 0.3) is 0 Å². The molecule has 0 saturated heterocycles. The molecule has 0 unspecified atom stereocenters. The van der Waals surface area contributed by atoms with Crippen LogP contribution in [0.5, 0.6) is 0 Å². The maximum absolute atomic E-state index is 5.23. The second kappa shape index (κ2) is 6.82. The molecule has 3 nitrogen and oxygen atoms in total. The molecule has 0 radical (unpaired) electrons. The molecule has 0 fully saturated rings. The van der Waals surface area contributed by atoms with Crippen molar-refractivity contribution in [3.8, 4) is 0 Å². The fourth-order valence-corrected chi connectivity index (χ4v) is 2.01. The van der Waals surface area contributed by atoms with Gasteiger partial charge in [0.05, 0.1) is 6.21 Å². The molecule has 0 bridgehead atoms. The molecule has 4 heteroatoms. The lowest BCUT2D eigenvalue weighted by Crippen LogP contribution is -2.24. The molecule has 102 valence electrons. The van der Waals surface area contributed by atoms with Gasteiger partial charge in [-0.05, 0) is 42.8 Å². The quantitative estimate of drug-likeness (QED) is 0.513. The number of nitrogens with zero attached hydrogens (tertiary/aromatic N) is 1. The number of anilines is 1. The highest BCUT2D eigenvalue weighted by Gasteiger charge is 2.03. The summed E-state index contributed by atoms with van der Waals surface area (Å²) in [4.78, 5) is 0. The Morgan fingerprint density at radius 2 is 1.65 bits per heavy atom. The van der Waals surface area contributed by atoms with E-state index < -0.39 is 0 Å². The van der Waals surface area contributed by atoms with Crippen molar-refractivity contribution in [3.05, 3.63) is 65.2 Å². The Morgan fingerprint density at radius 3 is 2.30 bits per heavy atom. The second-order valence-electron chi connectivity index (χ2n) is 4.50. The van der Waals surface area contributed by atoms with E-state index >= 15 is 0 Å². The van der Waals surface area contributed by atoms with Gasteiger partial charge in [0.1, 0.15) is 0 Å². The lowest BCUT2D eigenvalue weighted by atomic mass is 10.1. The zero-order valence-electron chi connectivity index (χ0n) is 11.6. The van der Waals surface area contributed by atoms with Crippen LogP contribution in [0, 0.1) is 13.8 Å². The van der Waals surface area contributed by atoms with Crippen LogP contribution in [0.2, 0.25) is 0 Å². The summed E-state index contributed by atoms with van der Waals surface area (Å²) in [7, 11) is 0. The maximum Gasteiger partial charge on any atom is 0.191 e. The van der Waals surface area contributed by atoms with Gasteiger partial charge in [0.2, 0.25) is 0 Å². The first-order chi connectivity index (χ1) is 9.66. The van der Waals surface area contributed by atoms with Crippen LogP contribution in [0.4, 0.5) is 5.69 Å². The van der Waals surface area contributed by atoms with Crippen molar-refractivity contribution >= 4 is 29.2 Å². The van der Waals surface area contributed by atoms with Crippen LogP contribution < -0.4 is 10.7 Å². The SMILES string of the molecule is Cc1cccc(C)c1NC(=S)N/N=C/c1ccccc1. The lowest BCUT2D eigenvalue weighted by Gasteiger charge is -2.12. The Morgan fingerprint density at radius 1 is 1.00 bits per heavy atom. The first-order valence-electron chi connectivity index (χ1n) is 6.38. The first kappa shape index (κ1) is 14.2. The van der Waals surface area contributed by atoms with Gasteiger partial charge in [-0.15, -0.1) is 0 Å². The van der Waals surface area contributed by atoms with E-state index in [2.05, 4.69) is 15.8 Å². The summed E-state index contributed by atoms with van der Waals surface area (Å²) in [5.74, 6) is 0. The Bertz CT molecular complexity index is 601. The molecule has 2 rings (SSSR count).